The van der Waals surface area contributed by atoms with Crippen LogP contribution in [0.1, 0.15) is 64.5 Å². The molecule has 178 valence electrons. The fourth-order valence-corrected chi connectivity index (χ4v) is 5.77. The maximum absolute atomic E-state index is 13.1. The minimum absolute atomic E-state index is 0.0240. The van der Waals surface area contributed by atoms with Gasteiger partial charge in [0.25, 0.3) is 0 Å². The average molecular weight is 506 g/mol. The molecular formula is C25H23ClF3N3OS. The highest BCUT2D eigenvalue weighted by atomic mass is 35.5. The number of ether oxygens (including phenoxy) is 1. The molecule has 1 aromatic carbocycles. The molecule has 4 nitrogen and oxygen atoms in total. The Balaban J connectivity index is 1.58. The summed E-state index contributed by atoms with van der Waals surface area (Å²) in [6.07, 6.45) is -1.09. The van der Waals surface area contributed by atoms with E-state index in [1.165, 1.54) is 11.3 Å². The molecule has 1 unspecified atom stereocenters. The lowest BCUT2D eigenvalue weighted by atomic mass is 9.82. The lowest BCUT2D eigenvalue weighted by Crippen LogP contribution is -2.27. The SMILES string of the molecule is Cc1nc(C2CCC(C(F)(F)F)CC2)sc1C(Cc1ccccn1)Oc1ccc(C#N)c(Cl)c1. The molecule has 2 aromatic heterocycles. The second-order valence-electron chi connectivity index (χ2n) is 8.48. The third-order valence-corrected chi connectivity index (χ3v) is 7.87. The topological polar surface area (TPSA) is 58.8 Å². The fraction of sp³-hybridized carbons (Fsp3) is 0.400. The summed E-state index contributed by atoms with van der Waals surface area (Å²) in [5.41, 5.74) is 2.01. The average Bonchev–Trinajstić information content (AvgIpc) is 3.20. The fourth-order valence-electron chi connectivity index (χ4n) is 4.29. The Morgan fingerprint density at radius 3 is 2.59 bits per heavy atom. The van der Waals surface area contributed by atoms with Crippen molar-refractivity contribution < 1.29 is 17.9 Å². The van der Waals surface area contributed by atoms with E-state index in [1.54, 1.807) is 24.4 Å². The number of alkyl halides is 3. The van der Waals surface area contributed by atoms with Crippen LogP contribution in [-0.2, 0) is 6.42 Å². The molecule has 0 N–H and O–H groups in total. The monoisotopic (exact) mass is 505 g/mol. The Kier molecular flexibility index (Phi) is 7.44. The molecule has 0 amide bonds. The smallest absolute Gasteiger partial charge is 0.391 e. The maximum atomic E-state index is 13.1. The third kappa shape index (κ3) is 5.70. The molecule has 0 saturated heterocycles. The van der Waals surface area contributed by atoms with Gasteiger partial charge in [-0.1, -0.05) is 17.7 Å². The van der Waals surface area contributed by atoms with Gasteiger partial charge >= 0.3 is 6.18 Å². The molecule has 3 aromatic rings. The largest absolute Gasteiger partial charge is 0.484 e. The number of nitriles is 1. The summed E-state index contributed by atoms with van der Waals surface area (Å²) >= 11 is 7.70. The summed E-state index contributed by atoms with van der Waals surface area (Å²) in [6, 6.07) is 12.6. The molecule has 0 radical (unpaired) electrons. The Labute approximate surface area is 205 Å². The van der Waals surface area contributed by atoms with Crippen molar-refractivity contribution >= 4 is 22.9 Å². The number of rotatable bonds is 6. The summed E-state index contributed by atoms with van der Waals surface area (Å²) < 4.78 is 45.5. The van der Waals surface area contributed by atoms with Crippen molar-refractivity contribution in [2.75, 3.05) is 0 Å². The Bertz CT molecular complexity index is 1170. The second kappa shape index (κ2) is 10.3. The Morgan fingerprint density at radius 1 is 1.21 bits per heavy atom. The van der Waals surface area contributed by atoms with E-state index in [9.17, 15) is 13.2 Å². The molecule has 9 heteroatoms. The van der Waals surface area contributed by atoms with Crippen LogP contribution in [0.3, 0.4) is 0 Å². The normalized spacial score (nSPS) is 19.4. The first kappa shape index (κ1) is 24.5. The minimum atomic E-state index is -4.13. The van der Waals surface area contributed by atoms with E-state index in [0.717, 1.165) is 21.3 Å². The number of hydrogen-bond donors (Lipinski definition) is 0. The van der Waals surface area contributed by atoms with E-state index >= 15 is 0 Å². The summed E-state index contributed by atoms with van der Waals surface area (Å²) in [5, 5.41) is 10.3. The van der Waals surface area contributed by atoms with Crippen LogP contribution in [0.15, 0.2) is 42.6 Å². The van der Waals surface area contributed by atoms with Gasteiger partial charge in [0, 0.05) is 30.3 Å². The molecule has 1 fully saturated rings. The lowest BCUT2D eigenvalue weighted by molar-refractivity contribution is -0.182. The van der Waals surface area contributed by atoms with Crippen molar-refractivity contribution in [3.63, 3.8) is 0 Å². The summed E-state index contributed by atoms with van der Waals surface area (Å²) in [7, 11) is 0. The quantitative estimate of drug-likeness (QED) is 0.346. The zero-order chi connectivity index (χ0) is 24.3. The first-order valence-electron chi connectivity index (χ1n) is 11.0. The number of nitrogens with zero attached hydrogens (tertiary/aromatic N) is 3. The van der Waals surface area contributed by atoms with Gasteiger partial charge in [0.15, 0.2) is 0 Å². The maximum Gasteiger partial charge on any atom is 0.391 e. The number of aromatic nitrogens is 2. The van der Waals surface area contributed by atoms with Gasteiger partial charge in [0.2, 0.25) is 0 Å². The van der Waals surface area contributed by atoms with E-state index < -0.39 is 18.2 Å². The van der Waals surface area contributed by atoms with Crippen molar-refractivity contribution in [2.45, 2.75) is 57.2 Å². The molecule has 1 aliphatic carbocycles. The minimum Gasteiger partial charge on any atom is -0.484 e. The van der Waals surface area contributed by atoms with Gasteiger partial charge in [0.05, 0.1) is 32.1 Å². The van der Waals surface area contributed by atoms with Crippen LogP contribution in [-0.4, -0.2) is 16.1 Å². The molecule has 4 rings (SSSR count). The van der Waals surface area contributed by atoms with Crippen LogP contribution in [0.25, 0.3) is 0 Å². The highest BCUT2D eigenvalue weighted by molar-refractivity contribution is 7.11. The highest BCUT2D eigenvalue weighted by Crippen LogP contribution is 2.45. The number of hydrogen-bond acceptors (Lipinski definition) is 5. The van der Waals surface area contributed by atoms with Crippen LogP contribution in [0.5, 0.6) is 5.75 Å². The van der Waals surface area contributed by atoms with Crippen LogP contribution in [0.2, 0.25) is 5.02 Å². The van der Waals surface area contributed by atoms with Gasteiger partial charge in [-0.15, -0.1) is 11.3 Å². The Morgan fingerprint density at radius 2 is 1.97 bits per heavy atom. The molecule has 1 atom stereocenters. The van der Waals surface area contributed by atoms with Crippen LogP contribution < -0.4 is 4.74 Å². The third-order valence-electron chi connectivity index (χ3n) is 6.14. The highest BCUT2D eigenvalue weighted by Gasteiger charge is 2.42. The van der Waals surface area contributed by atoms with Crippen molar-refractivity contribution in [1.29, 1.82) is 5.26 Å². The van der Waals surface area contributed by atoms with E-state index in [4.69, 9.17) is 26.6 Å². The van der Waals surface area contributed by atoms with Crippen molar-refractivity contribution in [2.24, 2.45) is 5.92 Å². The van der Waals surface area contributed by atoms with Gasteiger partial charge in [-0.2, -0.15) is 18.4 Å². The molecule has 2 heterocycles. The van der Waals surface area contributed by atoms with Gasteiger partial charge in [0.1, 0.15) is 17.9 Å². The first-order chi connectivity index (χ1) is 16.2. The number of benzene rings is 1. The van der Waals surface area contributed by atoms with Crippen LogP contribution in [0.4, 0.5) is 13.2 Å². The van der Waals surface area contributed by atoms with Gasteiger partial charge in [-0.25, -0.2) is 4.98 Å². The molecule has 34 heavy (non-hydrogen) atoms. The standard InChI is InChI=1S/C25H23ClF3N3OS/c1-15-23(34-24(32-15)16-5-8-18(9-6-16)25(27,28)29)22(12-19-4-2-3-11-31-19)33-20-10-7-17(14-30)21(26)13-20/h2-4,7,10-11,13,16,18,22H,5-6,8-9,12H2,1H3. The number of halogens is 4. The Hall–Kier alpha value is -2.63. The van der Waals surface area contributed by atoms with E-state index in [0.29, 0.717) is 35.6 Å². The van der Waals surface area contributed by atoms with Crippen molar-refractivity contribution in [3.05, 3.63) is 74.5 Å². The zero-order valence-corrected chi connectivity index (χ0v) is 20.1. The molecule has 1 aliphatic rings. The molecular weight excluding hydrogens is 483 g/mol. The molecule has 0 spiro atoms. The van der Waals surface area contributed by atoms with Gasteiger partial charge in [-0.05, 0) is 56.9 Å². The summed E-state index contributed by atoms with van der Waals surface area (Å²) in [5.74, 6) is -0.675. The molecule has 0 bridgehead atoms. The summed E-state index contributed by atoms with van der Waals surface area (Å²) in [4.78, 5) is 10.1. The van der Waals surface area contributed by atoms with E-state index in [1.807, 2.05) is 31.2 Å². The predicted molar refractivity (Wildman–Crippen MR) is 125 cm³/mol. The van der Waals surface area contributed by atoms with Crippen molar-refractivity contribution in [3.8, 4) is 11.8 Å². The molecule has 1 saturated carbocycles. The van der Waals surface area contributed by atoms with E-state index in [2.05, 4.69) is 4.98 Å². The lowest BCUT2D eigenvalue weighted by Gasteiger charge is -2.28. The number of pyridine rings is 1. The van der Waals surface area contributed by atoms with Crippen molar-refractivity contribution in [1.82, 2.24) is 9.97 Å². The predicted octanol–water partition coefficient (Wildman–Crippen LogP) is 7.57. The zero-order valence-electron chi connectivity index (χ0n) is 18.5. The number of aryl methyl sites for hydroxylation is 1. The van der Waals surface area contributed by atoms with E-state index in [-0.39, 0.29) is 18.8 Å². The van der Waals surface area contributed by atoms with Crippen LogP contribution >= 0.6 is 22.9 Å². The van der Waals surface area contributed by atoms with Gasteiger partial charge in [-0.3, -0.25) is 4.98 Å². The first-order valence-corrected chi connectivity index (χ1v) is 12.2. The second-order valence-corrected chi connectivity index (χ2v) is 9.95. The van der Waals surface area contributed by atoms with Crippen LogP contribution in [0, 0.1) is 24.2 Å². The molecule has 0 aliphatic heterocycles. The van der Waals surface area contributed by atoms with Gasteiger partial charge < -0.3 is 4.74 Å². The summed E-state index contributed by atoms with van der Waals surface area (Å²) in [6.45, 7) is 1.90. The number of thiazole rings is 1.